The Balaban J connectivity index is 1.64. The zero-order chi connectivity index (χ0) is 17.7. The molecule has 0 amide bonds. The summed E-state index contributed by atoms with van der Waals surface area (Å²) in [6.07, 6.45) is 13.8. The predicted molar refractivity (Wildman–Crippen MR) is 108 cm³/mol. The lowest BCUT2D eigenvalue weighted by Crippen LogP contribution is -2.30. The lowest BCUT2D eigenvalue weighted by molar-refractivity contribution is 0.262. The smallest absolute Gasteiger partial charge is 0.0214 e. The summed E-state index contributed by atoms with van der Waals surface area (Å²) in [6, 6.07) is 7.09. The fraction of sp³-hybridized carbons (Fsp3) is 0.609. The molecule has 0 bridgehead atoms. The van der Waals surface area contributed by atoms with Gasteiger partial charge in [-0.3, -0.25) is 0 Å². The number of benzene rings is 1. The molecular formula is C23H34N2. The van der Waals surface area contributed by atoms with Crippen LogP contribution in [-0.4, -0.2) is 30.7 Å². The van der Waals surface area contributed by atoms with Gasteiger partial charge in [-0.1, -0.05) is 50.5 Å². The van der Waals surface area contributed by atoms with Crippen LogP contribution in [0, 0.1) is 11.3 Å². The van der Waals surface area contributed by atoms with E-state index in [4.69, 9.17) is 5.41 Å². The Bertz CT molecular complexity index is 606. The second-order valence-electron chi connectivity index (χ2n) is 7.96. The van der Waals surface area contributed by atoms with Crippen molar-refractivity contribution in [3.8, 4) is 0 Å². The summed E-state index contributed by atoms with van der Waals surface area (Å²) in [5.41, 5.74) is 4.50. The van der Waals surface area contributed by atoms with Crippen LogP contribution in [0.5, 0.6) is 0 Å². The van der Waals surface area contributed by atoms with E-state index < -0.39 is 0 Å². The summed E-state index contributed by atoms with van der Waals surface area (Å²) in [7, 11) is 0. The van der Waals surface area contributed by atoms with Crippen LogP contribution >= 0.6 is 0 Å². The van der Waals surface area contributed by atoms with E-state index in [1.54, 1.807) is 11.8 Å². The van der Waals surface area contributed by atoms with Crippen LogP contribution in [0.2, 0.25) is 0 Å². The molecule has 2 heteroatoms. The number of hydrogen-bond acceptors (Lipinski definition) is 2. The fourth-order valence-electron chi connectivity index (χ4n) is 4.46. The molecule has 0 spiro atoms. The monoisotopic (exact) mass is 338 g/mol. The molecule has 25 heavy (non-hydrogen) atoms. The van der Waals surface area contributed by atoms with Crippen LogP contribution in [0.3, 0.4) is 0 Å². The Labute approximate surface area is 153 Å². The van der Waals surface area contributed by atoms with Gasteiger partial charge in [0.2, 0.25) is 0 Å². The van der Waals surface area contributed by atoms with Gasteiger partial charge in [0.25, 0.3) is 0 Å². The van der Waals surface area contributed by atoms with Gasteiger partial charge in [0.15, 0.2) is 0 Å². The third kappa shape index (κ3) is 4.06. The van der Waals surface area contributed by atoms with Crippen molar-refractivity contribution in [2.45, 2.75) is 63.7 Å². The van der Waals surface area contributed by atoms with Crippen LogP contribution in [0.1, 0.15) is 62.1 Å². The maximum absolute atomic E-state index is 7.61. The number of unbranched alkanes of at least 4 members (excludes halogenated alkanes) is 3. The quantitative estimate of drug-likeness (QED) is 0.396. The highest BCUT2D eigenvalue weighted by Gasteiger charge is 2.51. The molecule has 2 unspecified atom stereocenters. The van der Waals surface area contributed by atoms with Gasteiger partial charge in [-0.25, -0.2) is 0 Å². The summed E-state index contributed by atoms with van der Waals surface area (Å²) in [5, 5.41) is 7.61. The normalized spacial score (nSPS) is 26.4. The van der Waals surface area contributed by atoms with Crippen molar-refractivity contribution in [3.05, 3.63) is 47.5 Å². The summed E-state index contributed by atoms with van der Waals surface area (Å²) in [6.45, 7) is 10.1. The molecule has 1 saturated carbocycles. The van der Waals surface area contributed by atoms with Crippen molar-refractivity contribution in [1.29, 1.82) is 5.41 Å². The van der Waals surface area contributed by atoms with Crippen LogP contribution in [-0.2, 0) is 18.3 Å². The highest BCUT2D eigenvalue weighted by atomic mass is 15.1. The maximum Gasteiger partial charge on any atom is 0.0214 e. The van der Waals surface area contributed by atoms with Gasteiger partial charge >= 0.3 is 0 Å². The number of fused-ring (bicyclic) bond motifs is 1. The molecule has 2 atom stereocenters. The summed E-state index contributed by atoms with van der Waals surface area (Å²) in [4.78, 5) is 2.67. The van der Waals surface area contributed by atoms with Gasteiger partial charge in [-0.2, -0.15) is 0 Å². The molecule has 2 aliphatic rings. The van der Waals surface area contributed by atoms with Crippen LogP contribution in [0.4, 0.5) is 0 Å². The minimum Gasteiger partial charge on any atom is -0.313 e. The number of rotatable bonds is 8. The van der Waals surface area contributed by atoms with Gasteiger partial charge < -0.3 is 10.3 Å². The zero-order valence-corrected chi connectivity index (χ0v) is 15.9. The molecular weight excluding hydrogens is 304 g/mol. The Hall–Kier alpha value is -1.41. The minimum atomic E-state index is 0.0461. The standard InChI is InChI=1S/C23H34N2/c1-3-5-6-7-13-25-14-8-9-20-16-21(11-10-19(20)12-15-25)23(4-2)17-22(23)18-24/h4,10-11,16,18,22,24H,2-3,5-9,12-15,17H2,1H3. The molecule has 0 aromatic heterocycles. The fourth-order valence-corrected chi connectivity index (χ4v) is 4.46. The molecule has 1 aliphatic heterocycles. The first kappa shape index (κ1) is 18.4. The molecule has 1 aromatic carbocycles. The molecule has 0 saturated heterocycles. The first-order chi connectivity index (χ1) is 12.2. The Morgan fingerprint density at radius 3 is 2.80 bits per heavy atom. The molecule has 1 fully saturated rings. The molecule has 1 heterocycles. The summed E-state index contributed by atoms with van der Waals surface area (Å²) >= 11 is 0. The van der Waals surface area contributed by atoms with Crippen molar-refractivity contribution in [2.75, 3.05) is 19.6 Å². The molecule has 3 rings (SSSR count). The first-order valence-corrected chi connectivity index (χ1v) is 10.2. The number of aryl methyl sites for hydroxylation is 1. The highest BCUT2D eigenvalue weighted by molar-refractivity contribution is 5.68. The number of allylic oxidation sites excluding steroid dienone is 1. The van der Waals surface area contributed by atoms with Crippen LogP contribution in [0.25, 0.3) is 0 Å². The van der Waals surface area contributed by atoms with E-state index in [1.807, 2.05) is 0 Å². The largest absolute Gasteiger partial charge is 0.313 e. The molecule has 1 N–H and O–H groups in total. The van der Waals surface area contributed by atoms with Crippen molar-refractivity contribution in [1.82, 2.24) is 4.90 Å². The van der Waals surface area contributed by atoms with Crippen LogP contribution in [0.15, 0.2) is 30.9 Å². The third-order valence-electron chi connectivity index (χ3n) is 6.31. The average molecular weight is 339 g/mol. The van der Waals surface area contributed by atoms with Gasteiger partial charge in [0, 0.05) is 17.9 Å². The molecule has 1 aromatic rings. The highest BCUT2D eigenvalue weighted by Crippen LogP contribution is 2.54. The van der Waals surface area contributed by atoms with Crippen LogP contribution < -0.4 is 0 Å². The van der Waals surface area contributed by atoms with E-state index in [-0.39, 0.29) is 5.41 Å². The first-order valence-electron chi connectivity index (χ1n) is 10.2. The Morgan fingerprint density at radius 1 is 1.20 bits per heavy atom. The Morgan fingerprint density at radius 2 is 2.08 bits per heavy atom. The minimum absolute atomic E-state index is 0.0461. The summed E-state index contributed by atoms with van der Waals surface area (Å²) in [5.74, 6) is 0.357. The van der Waals surface area contributed by atoms with Crippen molar-refractivity contribution < 1.29 is 0 Å². The maximum atomic E-state index is 7.61. The van der Waals surface area contributed by atoms with Gasteiger partial charge in [0.05, 0.1) is 0 Å². The van der Waals surface area contributed by atoms with Gasteiger partial charge in [-0.15, -0.1) is 6.58 Å². The van der Waals surface area contributed by atoms with E-state index in [2.05, 4.69) is 42.7 Å². The third-order valence-corrected chi connectivity index (χ3v) is 6.31. The van der Waals surface area contributed by atoms with E-state index in [0.717, 1.165) is 6.42 Å². The van der Waals surface area contributed by atoms with E-state index in [0.29, 0.717) is 5.92 Å². The average Bonchev–Trinajstić information content (AvgIpc) is 3.36. The topological polar surface area (TPSA) is 27.1 Å². The van der Waals surface area contributed by atoms with E-state index in [1.165, 1.54) is 75.7 Å². The van der Waals surface area contributed by atoms with E-state index >= 15 is 0 Å². The van der Waals surface area contributed by atoms with Gasteiger partial charge in [0.1, 0.15) is 0 Å². The molecule has 1 aliphatic carbocycles. The van der Waals surface area contributed by atoms with Crippen molar-refractivity contribution in [3.63, 3.8) is 0 Å². The lowest BCUT2D eigenvalue weighted by Gasteiger charge is -2.26. The molecule has 136 valence electrons. The molecule has 2 nitrogen and oxygen atoms in total. The second kappa shape index (κ2) is 8.31. The van der Waals surface area contributed by atoms with E-state index in [9.17, 15) is 0 Å². The summed E-state index contributed by atoms with van der Waals surface area (Å²) < 4.78 is 0. The number of hydrogen-bond donors (Lipinski definition) is 1. The number of nitrogens with one attached hydrogen (secondary N) is 1. The SMILES string of the molecule is C=CC1(c2ccc3c(c2)CCCN(CCCCCC)CC3)CC1C=N. The zero-order valence-electron chi connectivity index (χ0n) is 15.9. The Kier molecular flexibility index (Phi) is 6.11. The molecule has 0 radical (unpaired) electrons. The lowest BCUT2D eigenvalue weighted by atomic mass is 9.88. The van der Waals surface area contributed by atoms with Gasteiger partial charge in [-0.05, 0) is 68.1 Å². The predicted octanol–water partition coefficient (Wildman–Crippen LogP) is 5.15. The number of nitrogens with zero attached hydrogens (tertiary/aromatic N) is 1. The van der Waals surface area contributed by atoms with Crippen molar-refractivity contribution in [2.24, 2.45) is 5.92 Å². The van der Waals surface area contributed by atoms with Crippen molar-refractivity contribution >= 4 is 6.21 Å². The second-order valence-corrected chi connectivity index (χ2v) is 7.96.